The van der Waals surface area contributed by atoms with Crippen LogP contribution < -0.4 is 20.7 Å². The molecule has 0 bridgehead atoms. The van der Waals surface area contributed by atoms with Crippen LogP contribution >= 0.6 is 12.2 Å². The molecule has 2 aromatic carbocycles. The fourth-order valence-corrected chi connectivity index (χ4v) is 2.69. The van der Waals surface area contributed by atoms with E-state index >= 15 is 0 Å². The summed E-state index contributed by atoms with van der Waals surface area (Å²) < 4.78 is 5.54. The third-order valence-electron chi connectivity index (χ3n) is 4.15. The Morgan fingerprint density at radius 3 is 2.11 bits per heavy atom. The highest BCUT2D eigenvalue weighted by Crippen LogP contribution is 2.21. The molecule has 0 aliphatic rings. The van der Waals surface area contributed by atoms with Crippen LogP contribution in [0.25, 0.3) is 0 Å². The lowest BCUT2D eigenvalue weighted by Crippen LogP contribution is -2.32. The Bertz CT molecular complexity index is 820. The number of ether oxygens (including phenoxy) is 1. The first-order chi connectivity index (χ1) is 13.4. The quantitative estimate of drug-likeness (QED) is 0.612. The van der Waals surface area contributed by atoms with Gasteiger partial charge in [-0.1, -0.05) is 26.0 Å². The van der Waals surface area contributed by atoms with Crippen LogP contribution in [0.2, 0.25) is 0 Å². The molecule has 1 atom stereocenters. The highest BCUT2D eigenvalue weighted by atomic mass is 32.1. The zero-order valence-corrected chi connectivity index (χ0v) is 17.1. The van der Waals surface area contributed by atoms with Gasteiger partial charge in [0.15, 0.2) is 11.7 Å². The van der Waals surface area contributed by atoms with Gasteiger partial charge in [-0.3, -0.25) is 9.59 Å². The van der Waals surface area contributed by atoms with Gasteiger partial charge in [0, 0.05) is 18.3 Å². The molecule has 7 heteroatoms. The summed E-state index contributed by atoms with van der Waals surface area (Å²) in [5.41, 5.74) is 2.59. The summed E-state index contributed by atoms with van der Waals surface area (Å²) in [5.74, 6) is 0.673. The molecule has 0 saturated heterocycles. The monoisotopic (exact) mass is 399 g/mol. The molecule has 0 aliphatic carbocycles. The number of nitrogens with one attached hydrogen (secondary N) is 3. The molecule has 0 radical (unpaired) electrons. The number of rotatable bonds is 7. The van der Waals surface area contributed by atoms with Gasteiger partial charge >= 0.3 is 0 Å². The summed E-state index contributed by atoms with van der Waals surface area (Å²) in [5, 5.41) is 8.35. The average Bonchev–Trinajstić information content (AvgIpc) is 2.67. The Balaban J connectivity index is 1.81. The molecule has 0 aromatic heterocycles. The van der Waals surface area contributed by atoms with Crippen molar-refractivity contribution in [3.8, 4) is 5.75 Å². The molecule has 1 unspecified atom stereocenters. The second-order valence-corrected chi connectivity index (χ2v) is 6.84. The Morgan fingerprint density at radius 2 is 1.57 bits per heavy atom. The number of carbonyl (C=O) groups excluding carboxylic acids is 2. The maximum Gasteiger partial charge on any atom is 0.262 e. The van der Waals surface area contributed by atoms with Crippen molar-refractivity contribution in [2.24, 2.45) is 0 Å². The topological polar surface area (TPSA) is 79.5 Å². The van der Waals surface area contributed by atoms with Gasteiger partial charge < -0.3 is 20.7 Å². The van der Waals surface area contributed by atoms with Crippen LogP contribution in [0.3, 0.4) is 0 Å². The molecule has 0 saturated carbocycles. The highest BCUT2D eigenvalue weighted by molar-refractivity contribution is 7.80. The van der Waals surface area contributed by atoms with Gasteiger partial charge in [-0.2, -0.15) is 0 Å². The molecule has 6 nitrogen and oxygen atoms in total. The lowest BCUT2D eigenvalue weighted by Gasteiger charge is -2.11. The van der Waals surface area contributed by atoms with Gasteiger partial charge in [-0.15, -0.1) is 0 Å². The first-order valence-corrected chi connectivity index (χ1v) is 9.49. The van der Waals surface area contributed by atoms with Crippen molar-refractivity contribution < 1.29 is 14.3 Å². The molecule has 28 heavy (non-hydrogen) atoms. The second kappa shape index (κ2) is 10.4. The molecule has 2 aromatic rings. The molecule has 0 fully saturated rings. The molecule has 0 spiro atoms. The largest absolute Gasteiger partial charge is 0.484 e. The van der Waals surface area contributed by atoms with Crippen LogP contribution in [0.4, 0.5) is 11.4 Å². The molecular formula is C21H25N3O3S. The van der Waals surface area contributed by atoms with E-state index in [2.05, 4.69) is 29.8 Å². The minimum Gasteiger partial charge on any atom is -0.484 e. The maximum atomic E-state index is 12.1. The lowest BCUT2D eigenvalue weighted by molar-refractivity contribution is -0.118. The van der Waals surface area contributed by atoms with E-state index in [1.807, 2.05) is 24.3 Å². The Hall–Kier alpha value is -2.93. The van der Waals surface area contributed by atoms with Crippen molar-refractivity contribution in [1.29, 1.82) is 0 Å². The van der Waals surface area contributed by atoms with Gasteiger partial charge in [-0.25, -0.2) is 0 Å². The minimum absolute atomic E-state index is 0.0741. The van der Waals surface area contributed by atoms with Crippen molar-refractivity contribution in [1.82, 2.24) is 5.32 Å². The number of benzene rings is 2. The highest BCUT2D eigenvalue weighted by Gasteiger charge is 2.06. The zero-order valence-electron chi connectivity index (χ0n) is 16.2. The Kier molecular flexibility index (Phi) is 7.95. The smallest absolute Gasteiger partial charge is 0.262 e. The third-order valence-corrected chi connectivity index (χ3v) is 4.35. The van der Waals surface area contributed by atoms with E-state index in [-0.39, 0.29) is 23.5 Å². The normalized spacial score (nSPS) is 11.2. The summed E-state index contributed by atoms with van der Waals surface area (Å²) in [7, 11) is 0. The maximum absolute atomic E-state index is 12.1. The standard InChI is InChI=1S/C21H25N3O3S/c1-4-14(2)16-5-11-19(12-6-16)27-13-20(26)23-17-7-9-18(10-8-17)24-21(28)22-15(3)25/h5-12,14H,4,13H2,1-3H3,(H,23,26)(H2,22,24,25,28). The molecule has 0 aliphatic heterocycles. The predicted octanol–water partition coefficient (Wildman–Crippen LogP) is 4.05. The van der Waals surface area contributed by atoms with Crippen molar-refractivity contribution in [3.63, 3.8) is 0 Å². The summed E-state index contributed by atoms with van der Waals surface area (Å²) in [6, 6.07) is 14.8. The van der Waals surface area contributed by atoms with Crippen LogP contribution in [-0.4, -0.2) is 23.5 Å². The van der Waals surface area contributed by atoms with Gasteiger partial charge in [0.1, 0.15) is 5.75 Å². The SMILES string of the molecule is CCC(C)c1ccc(OCC(=O)Nc2ccc(NC(=S)NC(C)=O)cc2)cc1. The summed E-state index contributed by atoms with van der Waals surface area (Å²) in [4.78, 5) is 23.0. The minimum atomic E-state index is -0.250. The zero-order chi connectivity index (χ0) is 20.5. The van der Waals surface area contributed by atoms with Crippen LogP contribution in [0.5, 0.6) is 5.75 Å². The van der Waals surface area contributed by atoms with E-state index in [0.29, 0.717) is 23.0 Å². The van der Waals surface area contributed by atoms with Crippen molar-refractivity contribution in [2.45, 2.75) is 33.1 Å². The fraction of sp³-hybridized carbons (Fsp3) is 0.286. The van der Waals surface area contributed by atoms with Crippen LogP contribution in [-0.2, 0) is 9.59 Å². The molecule has 0 heterocycles. The number of amides is 2. The summed E-state index contributed by atoms with van der Waals surface area (Å²) in [6.45, 7) is 5.64. The van der Waals surface area contributed by atoms with Crippen molar-refractivity contribution in [2.75, 3.05) is 17.2 Å². The number of thiocarbonyl (C=S) groups is 1. The Morgan fingerprint density at radius 1 is 1.00 bits per heavy atom. The van der Waals surface area contributed by atoms with Crippen LogP contribution in [0.15, 0.2) is 48.5 Å². The van der Waals surface area contributed by atoms with E-state index in [1.54, 1.807) is 24.3 Å². The lowest BCUT2D eigenvalue weighted by atomic mass is 9.99. The predicted molar refractivity (Wildman–Crippen MR) is 116 cm³/mol. The summed E-state index contributed by atoms with van der Waals surface area (Å²) in [6.07, 6.45) is 1.08. The number of anilines is 2. The number of hydrogen-bond acceptors (Lipinski definition) is 4. The van der Waals surface area contributed by atoms with Gasteiger partial charge in [0.05, 0.1) is 0 Å². The van der Waals surface area contributed by atoms with Crippen LogP contribution in [0.1, 0.15) is 38.7 Å². The van der Waals surface area contributed by atoms with Crippen LogP contribution in [0, 0.1) is 0 Å². The van der Waals surface area contributed by atoms with E-state index in [4.69, 9.17) is 17.0 Å². The second-order valence-electron chi connectivity index (χ2n) is 6.43. The molecular weight excluding hydrogens is 374 g/mol. The van der Waals surface area contributed by atoms with E-state index < -0.39 is 0 Å². The van der Waals surface area contributed by atoms with Gasteiger partial charge in [-0.05, 0) is 66.5 Å². The van der Waals surface area contributed by atoms with Gasteiger partial charge in [0.2, 0.25) is 5.91 Å². The molecule has 3 N–H and O–H groups in total. The third kappa shape index (κ3) is 7.00. The first kappa shape index (κ1) is 21.4. The van der Waals surface area contributed by atoms with Crippen molar-refractivity contribution in [3.05, 3.63) is 54.1 Å². The average molecular weight is 400 g/mol. The number of carbonyl (C=O) groups is 2. The fourth-order valence-electron chi connectivity index (χ4n) is 2.43. The van der Waals surface area contributed by atoms with Gasteiger partial charge in [0.25, 0.3) is 5.91 Å². The number of hydrogen-bond donors (Lipinski definition) is 3. The molecule has 2 amide bonds. The Labute approximate surface area is 170 Å². The summed E-state index contributed by atoms with van der Waals surface area (Å²) >= 11 is 5.00. The van der Waals surface area contributed by atoms with E-state index in [1.165, 1.54) is 12.5 Å². The molecule has 148 valence electrons. The van der Waals surface area contributed by atoms with Crippen molar-refractivity contribution >= 4 is 40.5 Å². The van der Waals surface area contributed by atoms with E-state index in [0.717, 1.165) is 6.42 Å². The first-order valence-electron chi connectivity index (χ1n) is 9.08. The van der Waals surface area contributed by atoms with E-state index in [9.17, 15) is 9.59 Å². The molecule has 2 rings (SSSR count).